The van der Waals surface area contributed by atoms with Crippen LogP contribution < -0.4 is 14.8 Å². The van der Waals surface area contributed by atoms with Crippen molar-refractivity contribution in [3.05, 3.63) is 23.8 Å². The molecule has 3 nitrogen and oxygen atoms in total. The van der Waals surface area contributed by atoms with Crippen molar-refractivity contribution in [2.45, 2.75) is 39.7 Å². The number of ether oxygens (including phenoxy) is 2. The second-order valence-corrected chi connectivity index (χ2v) is 5.11. The van der Waals surface area contributed by atoms with E-state index in [1.54, 1.807) is 14.2 Å². The Morgan fingerprint density at radius 3 is 2.37 bits per heavy atom. The zero-order valence-electron chi connectivity index (χ0n) is 12.8. The third-order valence-corrected chi connectivity index (χ3v) is 3.58. The molecule has 0 heterocycles. The van der Waals surface area contributed by atoms with Crippen molar-refractivity contribution in [2.24, 2.45) is 5.92 Å². The van der Waals surface area contributed by atoms with Gasteiger partial charge in [0.15, 0.2) is 11.5 Å². The first-order valence-electron chi connectivity index (χ1n) is 7.06. The summed E-state index contributed by atoms with van der Waals surface area (Å²) in [7, 11) is 3.34. The van der Waals surface area contributed by atoms with Crippen molar-refractivity contribution < 1.29 is 9.47 Å². The van der Waals surface area contributed by atoms with Gasteiger partial charge in [-0.25, -0.2) is 0 Å². The molecule has 0 radical (unpaired) electrons. The molecule has 0 aliphatic heterocycles. The highest BCUT2D eigenvalue weighted by Crippen LogP contribution is 2.28. The summed E-state index contributed by atoms with van der Waals surface area (Å²) in [5.74, 6) is 2.18. The van der Waals surface area contributed by atoms with Crippen molar-refractivity contribution in [1.82, 2.24) is 5.32 Å². The third-order valence-electron chi connectivity index (χ3n) is 3.58. The average Bonchev–Trinajstić information content (AvgIpc) is 2.44. The number of nitrogens with one attached hydrogen (secondary N) is 1. The van der Waals surface area contributed by atoms with Gasteiger partial charge in [-0.2, -0.15) is 0 Å². The van der Waals surface area contributed by atoms with Crippen LogP contribution in [0.4, 0.5) is 0 Å². The standard InChI is InChI=1S/C16H27NO2/c1-6-9-17-13(3)12(2)10-14-7-8-15(18-4)16(11-14)19-5/h7-8,11-13,17H,6,9-10H2,1-5H3. The summed E-state index contributed by atoms with van der Waals surface area (Å²) >= 11 is 0. The van der Waals surface area contributed by atoms with Crippen LogP contribution in [-0.4, -0.2) is 26.8 Å². The molecule has 2 unspecified atom stereocenters. The first-order valence-corrected chi connectivity index (χ1v) is 7.06. The molecule has 19 heavy (non-hydrogen) atoms. The molecule has 1 aromatic rings. The van der Waals surface area contributed by atoms with Crippen LogP contribution in [0.15, 0.2) is 18.2 Å². The molecule has 0 saturated heterocycles. The van der Waals surface area contributed by atoms with Gasteiger partial charge in [0, 0.05) is 6.04 Å². The van der Waals surface area contributed by atoms with Crippen molar-refractivity contribution >= 4 is 0 Å². The Morgan fingerprint density at radius 1 is 1.11 bits per heavy atom. The second-order valence-electron chi connectivity index (χ2n) is 5.11. The van der Waals surface area contributed by atoms with E-state index < -0.39 is 0 Å². The molecule has 0 saturated carbocycles. The molecule has 0 aromatic heterocycles. The molecule has 0 bridgehead atoms. The fourth-order valence-corrected chi connectivity index (χ4v) is 2.13. The van der Waals surface area contributed by atoms with Crippen molar-refractivity contribution in [3.63, 3.8) is 0 Å². The number of rotatable bonds is 8. The highest BCUT2D eigenvalue weighted by atomic mass is 16.5. The fourth-order valence-electron chi connectivity index (χ4n) is 2.13. The van der Waals surface area contributed by atoms with Crippen LogP contribution in [-0.2, 0) is 6.42 Å². The molecular weight excluding hydrogens is 238 g/mol. The topological polar surface area (TPSA) is 30.5 Å². The van der Waals surface area contributed by atoms with Gasteiger partial charge in [-0.3, -0.25) is 0 Å². The van der Waals surface area contributed by atoms with Gasteiger partial charge in [0.1, 0.15) is 0 Å². The Morgan fingerprint density at radius 2 is 1.79 bits per heavy atom. The third kappa shape index (κ3) is 4.75. The molecule has 1 rings (SSSR count). The van der Waals surface area contributed by atoms with Gasteiger partial charge >= 0.3 is 0 Å². The number of methoxy groups -OCH3 is 2. The Labute approximate surface area is 117 Å². The Hall–Kier alpha value is -1.22. The number of benzene rings is 1. The van der Waals surface area contributed by atoms with Crippen molar-refractivity contribution in [3.8, 4) is 11.5 Å². The summed E-state index contributed by atoms with van der Waals surface area (Å²) in [6, 6.07) is 6.69. The molecule has 1 aromatic carbocycles. The van der Waals surface area contributed by atoms with Crippen LogP contribution in [0.2, 0.25) is 0 Å². The summed E-state index contributed by atoms with van der Waals surface area (Å²) in [6.45, 7) is 7.81. The average molecular weight is 265 g/mol. The maximum absolute atomic E-state index is 5.34. The lowest BCUT2D eigenvalue weighted by Gasteiger charge is -2.21. The first kappa shape index (κ1) is 15.8. The Balaban J connectivity index is 2.66. The normalized spacial score (nSPS) is 13.9. The predicted octanol–water partition coefficient (Wildman–Crippen LogP) is 3.27. The fraction of sp³-hybridized carbons (Fsp3) is 0.625. The maximum Gasteiger partial charge on any atom is 0.160 e. The van der Waals surface area contributed by atoms with Gasteiger partial charge < -0.3 is 14.8 Å². The lowest BCUT2D eigenvalue weighted by molar-refractivity contribution is 0.353. The van der Waals surface area contributed by atoms with E-state index in [4.69, 9.17) is 9.47 Å². The monoisotopic (exact) mass is 265 g/mol. The Bertz CT molecular complexity index is 379. The molecule has 0 aliphatic rings. The molecule has 3 heteroatoms. The Kier molecular flexibility index (Phi) is 6.71. The molecule has 1 N–H and O–H groups in total. The molecule has 108 valence electrons. The summed E-state index contributed by atoms with van der Waals surface area (Å²) < 4.78 is 10.6. The van der Waals surface area contributed by atoms with E-state index in [0.717, 1.165) is 24.5 Å². The zero-order valence-corrected chi connectivity index (χ0v) is 12.8. The zero-order chi connectivity index (χ0) is 14.3. The minimum Gasteiger partial charge on any atom is -0.493 e. The maximum atomic E-state index is 5.34. The van der Waals surface area contributed by atoms with Crippen LogP contribution in [0.3, 0.4) is 0 Å². The summed E-state index contributed by atoms with van der Waals surface area (Å²) in [5.41, 5.74) is 1.29. The van der Waals surface area contributed by atoms with Crippen LogP contribution in [0.5, 0.6) is 11.5 Å². The van der Waals surface area contributed by atoms with Gasteiger partial charge in [0.05, 0.1) is 14.2 Å². The number of hydrogen-bond donors (Lipinski definition) is 1. The van der Waals surface area contributed by atoms with Gasteiger partial charge in [-0.15, -0.1) is 0 Å². The van der Waals surface area contributed by atoms with Crippen molar-refractivity contribution in [2.75, 3.05) is 20.8 Å². The van der Waals surface area contributed by atoms with E-state index in [1.807, 2.05) is 6.07 Å². The van der Waals surface area contributed by atoms with E-state index in [2.05, 4.69) is 38.2 Å². The summed E-state index contributed by atoms with van der Waals surface area (Å²) in [4.78, 5) is 0. The van der Waals surface area contributed by atoms with Crippen LogP contribution >= 0.6 is 0 Å². The van der Waals surface area contributed by atoms with Gasteiger partial charge in [-0.1, -0.05) is 19.9 Å². The van der Waals surface area contributed by atoms with Crippen molar-refractivity contribution in [1.29, 1.82) is 0 Å². The summed E-state index contributed by atoms with van der Waals surface area (Å²) in [6.07, 6.45) is 2.21. The van der Waals surface area contributed by atoms with E-state index in [0.29, 0.717) is 12.0 Å². The SMILES string of the molecule is CCCNC(C)C(C)Cc1ccc(OC)c(OC)c1. The smallest absolute Gasteiger partial charge is 0.160 e. The van der Waals surface area contributed by atoms with Gasteiger partial charge in [0.2, 0.25) is 0 Å². The van der Waals surface area contributed by atoms with Crippen LogP contribution in [0.1, 0.15) is 32.8 Å². The van der Waals surface area contributed by atoms with E-state index >= 15 is 0 Å². The molecule has 2 atom stereocenters. The summed E-state index contributed by atoms with van der Waals surface area (Å²) in [5, 5.41) is 3.55. The second kappa shape index (κ2) is 8.05. The first-order chi connectivity index (χ1) is 9.12. The minimum absolute atomic E-state index is 0.521. The van der Waals surface area contributed by atoms with E-state index in [9.17, 15) is 0 Å². The molecule has 0 aliphatic carbocycles. The lowest BCUT2D eigenvalue weighted by Crippen LogP contribution is -2.33. The molecule has 0 spiro atoms. The number of hydrogen-bond acceptors (Lipinski definition) is 3. The molecule has 0 fully saturated rings. The lowest BCUT2D eigenvalue weighted by atomic mass is 9.94. The van der Waals surface area contributed by atoms with Gasteiger partial charge in [0.25, 0.3) is 0 Å². The van der Waals surface area contributed by atoms with E-state index in [-0.39, 0.29) is 0 Å². The predicted molar refractivity (Wildman–Crippen MR) is 80.2 cm³/mol. The molecule has 0 amide bonds. The quantitative estimate of drug-likeness (QED) is 0.782. The highest BCUT2D eigenvalue weighted by molar-refractivity contribution is 5.43. The molecular formula is C16H27NO2. The highest BCUT2D eigenvalue weighted by Gasteiger charge is 2.13. The largest absolute Gasteiger partial charge is 0.493 e. The minimum atomic E-state index is 0.521. The van der Waals surface area contributed by atoms with E-state index in [1.165, 1.54) is 12.0 Å². The van der Waals surface area contributed by atoms with Gasteiger partial charge in [-0.05, 0) is 49.9 Å². The van der Waals surface area contributed by atoms with Crippen LogP contribution in [0.25, 0.3) is 0 Å². The van der Waals surface area contributed by atoms with Crippen LogP contribution in [0, 0.1) is 5.92 Å².